The van der Waals surface area contributed by atoms with E-state index < -0.39 is 0 Å². The number of anilines is 1. The van der Waals surface area contributed by atoms with Gasteiger partial charge in [-0.05, 0) is 44.0 Å². The van der Waals surface area contributed by atoms with Crippen molar-refractivity contribution in [3.63, 3.8) is 0 Å². The number of aryl methyl sites for hydroxylation is 1. The Labute approximate surface area is 186 Å². The maximum Gasteiger partial charge on any atom is 0.191 e. The van der Waals surface area contributed by atoms with Crippen molar-refractivity contribution in [3.8, 4) is 5.75 Å². The molecule has 0 saturated heterocycles. The quantitative estimate of drug-likeness (QED) is 0.307. The van der Waals surface area contributed by atoms with Gasteiger partial charge in [-0.15, -0.1) is 0 Å². The Bertz CT molecular complexity index is 804. The van der Waals surface area contributed by atoms with Gasteiger partial charge in [0.1, 0.15) is 11.6 Å². The number of methoxy groups -OCH3 is 1. The summed E-state index contributed by atoms with van der Waals surface area (Å²) in [6.45, 7) is 10.9. The van der Waals surface area contributed by atoms with Crippen LogP contribution in [0.15, 0.2) is 41.5 Å². The highest BCUT2D eigenvalue weighted by atomic mass is 16.5. The Morgan fingerprint density at radius 1 is 1.06 bits per heavy atom. The molecule has 0 saturated carbocycles. The van der Waals surface area contributed by atoms with Gasteiger partial charge in [0.25, 0.3) is 0 Å². The molecule has 0 amide bonds. The first-order valence-electron chi connectivity index (χ1n) is 11.0. The molecule has 0 atom stereocenters. The van der Waals surface area contributed by atoms with E-state index in [1.807, 2.05) is 6.20 Å². The van der Waals surface area contributed by atoms with Crippen LogP contribution in [-0.2, 0) is 17.8 Å². The molecule has 7 heteroatoms. The van der Waals surface area contributed by atoms with Gasteiger partial charge in [0.05, 0.1) is 6.61 Å². The second-order valence-electron chi connectivity index (χ2n) is 7.28. The fraction of sp³-hybridized carbons (Fsp3) is 0.500. The van der Waals surface area contributed by atoms with Gasteiger partial charge >= 0.3 is 0 Å². The minimum atomic E-state index is 0.624. The van der Waals surface area contributed by atoms with Crippen LogP contribution >= 0.6 is 0 Å². The lowest BCUT2D eigenvalue weighted by atomic mass is 10.1. The second kappa shape index (κ2) is 13.5. The normalized spacial score (nSPS) is 11.3. The van der Waals surface area contributed by atoms with E-state index in [1.165, 1.54) is 5.56 Å². The molecule has 0 radical (unpaired) electrons. The summed E-state index contributed by atoms with van der Waals surface area (Å²) in [5.41, 5.74) is 3.38. The first-order chi connectivity index (χ1) is 15.1. The molecule has 0 aliphatic rings. The van der Waals surface area contributed by atoms with Crippen molar-refractivity contribution < 1.29 is 9.47 Å². The number of guanidine groups is 1. The summed E-state index contributed by atoms with van der Waals surface area (Å²) in [5, 5.41) is 6.72. The summed E-state index contributed by atoms with van der Waals surface area (Å²) in [4.78, 5) is 11.1. The largest absolute Gasteiger partial charge is 0.493 e. The summed E-state index contributed by atoms with van der Waals surface area (Å²) >= 11 is 0. The third-order valence-electron chi connectivity index (χ3n) is 5.00. The molecule has 0 aliphatic carbocycles. The Morgan fingerprint density at radius 2 is 1.84 bits per heavy atom. The van der Waals surface area contributed by atoms with Gasteiger partial charge in [0.2, 0.25) is 0 Å². The third-order valence-corrected chi connectivity index (χ3v) is 5.00. The van der Waals surface area contributed by atoms with E-state index in [4.69, 9.17) is 9.47 Å². The molecule has 0 bridgehead atoms. The van der Waals surface area contributed by atoms with Crippen molar-refractivity contribution in [2.75, 3.05) is 45.4 Å². The zero-order chi connectivity index (χ0) is 22.5. The smallest absolute Gasteiger partial charge is 0.191 e. The maximum atomic E-state index is 5.97. The van der Waals surface area contributed by atoms with Crippen LogP contribution in [0.3, 0.4) is 0 Å². The maximum absolute atomic E-state index is 5.97. The Hall–Kier alpha value is -2.80. The number of rotatable bonds is 12. The molecule has 1 heterocycles. The highest BCUT2D eigenvalue weighted by molar-refractivity contribution is 5.79. The van der Waals surface area contributed by atoms with Gasteiger partial charge in [-0.25, -0.2) is 4.98 Å². The predicted octanol–water partition coefficient (Wildman–Crippen LogP) is 3.52. The standard InChI is InChI=1S/C24H37N5O2/c1-6-29(7-2)23-12-10-20(16-26-23)17-27-24(25-4)28-18-21-11-9-19(3)15-22(21)31-14-8-13-30-5/h9-12,15-16H,6-8,13-14,17-18H2,1-5H3,(H2,25,27,28). The monoisotopic (exact) mass is 427 g/mol. The second-order valence-corrected chi connectivity index (χ2v) is 7.28. The van der Waals surface area contributed by atoms with Crippen molar-refractivity contribution in [3.05, 3.63) is 53.2 Å². The molecule has 0 spiro atoms. The van der Waals surface area contributed by atoms with Crippen LogP contribution < -0.4 is 20.3 Å². The van der Waals surface area contributed by atoms with E-state index in [9.17, 15) is 0 Å². The summed E-state index contributed by atoms with van der Waals surface area (Å²) in [6.07, 6.45) is 2.78. The topological polar surface area (TPSA) is 71.0 Å². The zero-order valence-corrected chi connectivity index (χ0v) is 19.6. The molecule has 0 aliphatic heterocycles. The average molecular weight is 428 g/mol. The fourth-order valence-electron chi connectivity index (χ4n) is 3.17. The number of aromatic nitrogens is 1. The van der Waals surface area contributed by atoms with Crippen LogP contribution in [0.1, 0.15) is 37.0 Å². The number of pyridine rings is 1. The Balaban J connectivity index is 1.89. The fourth-order valence-corrected chi connectivity index (χ4v) is 3.17. The number of nitrogens with zero attached hydrogens (tertiary/aromatic N) is 3. The molecule has 2 rings (SSSR count). The number of hydrogen-bond donors (Lipinski definition) is 2. The number of hydrogen-bond acceptors (Lipinski definition) is 5. The van der Waals surface area contributed by atoms with E-state index in [1.54, 1.807) is 14.2 Å². The molecule has 0 unspecified atom stereocenters. The van der Waals surface area contributed by atoms with Crippen molar-refractivity contribution in [2.24, 2.45) is 4.99 Å². The van der Waals surface area contributed by atoms with Crippen LogP contribution in [0.2, 0.25) is 0 Å². The minimum absolute atomic E-state index is 0.624. The zero-order valence-electron chi connectivity index (χ0n) is 19.6. The van der Waals surface area contributed by atoms with Crippen LogP contribution in [0.5, 0.6) is 5.75 Å². The van der Waals surface area contributed by atoms with Gasteiger partial charge in [0, 0.05) is 65.1 Å². The van der Waals surface area contributed by atoms with Gasteiger partial charge < -0.3 is 25.0 Å². The van der Waals surface area contributed by atoms with Crippen molar-refractivity contribution in [1.82, 2.24) is 15.6 Å². The molecule has 2 aromatic rings. The molecule has 2 N–H and O–H groups in total. The summed E-state index contributed by atoms with van der Waals surface area (Å²) in [6, 6.07) is 10.4. The van der Waals surface area contributed by atoms with Gasteiger partial charge in [0.15, 0.2) is 5.96 Å². The van der Waals surface area contributed by atoms with Crippen LogP contribution in [-0.4, -0.2) is 51.4 Å². The van der Waals surface area contributed by atoms with E-state index in [0.29, 0.717) is 26.3 Å². The van der Waals surface area contributed by atoms with Crippen molar-refractivity contribution in [2.45, 2.75) is 40.3 Å². The highest BCUT2D eigenvalue weighted by Crippen LogP contribution is 2.20. The molecule has 31 heavy (non-hydrogen) atoms. The van der Waals surface area contributed by atoms with Crippen LogP contribution in [0.25, 0.3) is 0 Å². The molecule has 0 fully saturated rings. The number of benzene rings is 1. The number of ether oxygens (including phenoxy) is 2. The molecular formula is C24H37N5O2. The minimum Gasteiger partial charge on any atom is -0.493 e. The SMILES string of the molecule is CCN(CC)c1ccc(CNC(=NC)NCc2ccc(C)cc2OCCCOC)cn1. The lowest BCUT2D eigenvalue weighted by Gasteiger charge is -2.20. The van der Waals surface area contributed by atoms with Crippen molar-refractivity contribution in [1.29, 1.82) is 0 Å². The van der Waals surface area contributed by atoms with E-state index in [2.05, 4.69) is 76.6 Å². The first-order valence-corrected chi connectivity index (χ1v) is 11.0. The van der Waals surface area contributed by atoms with E-state index in [-0.39, 0.29) is 0 Å². The molecule has 7 nitrogen and oxygen atoms in total. The lowest BCUT2D eigenvalue weighted by molar-refractivity contribution is 0.171. The third kappa shape index (κ3) is 8.09. The van der Waals surface area contributed by atoms with Crippen LogP contribution in [0, 0.1) is 6.92 Å². The summed E-state index contributed by atoms with van der Waals surface area (Å²) < 4.78 is 11.1. The molecular weight excluding hydrogens is 390 g/mol. The van der Waals surface area contributed by atoms with Gasteiger partial charge in [-0.2, -0.15) is 0 Å². The van der Waals surface area contributed by atoms with Crippen molar-refractivity contribution >= 4 is 11.8 Å². The summed E-state index contributed by atoms with van der Waals surface area (Å²) in [7, 11) is 3.48. The average Bonchev–Trinajstić information content (AvgIpc) is 2.79. The highest BCUT2D eigenvalue weighted by Gasteiger charge is 2.07. The number of aliphatic imine (C=N–C) groups is 1. The van der Waals surface area contributed by atoms with E-state index in [0.717, 1.165) is 48.2 Å². The Morgan fingerprint density at radius 3 is 2.48 bits per heavy atom. The van der Waals surface area contributed by atoms with Gasteiger partial charge in [-0.1, -0.05) is 18.2 Å². The molecule has 1 aromatic carbocycles. The number of nitrogens with one attached hydrogen (secondary N) is 2. The predicted molar refractivity (Wildman–Crippen MR) is 128 cm³/mol. The van der Waals surface area contributed by atoms with E-state index >= 15 is 0 Å². The molecule has 170 valence electrons. The van der Waals surface area contributed by atoms with Gasteiger partial charge in [-0.3, -0.25) is 4.99 Å². The van der Waals surface area contributed by atoms with Crippen LogP contribution in [0.4, 0.5) is 5.82 Å². The summed E-state index contributed by atoms with van der Waals surface area (Å²) in [5.74, 6) is 2.64. The first kappa shape index (κ1) is 24.5. The lowest BCUT2D eigenvalue weighted by Crippen LogP contribution is -2.36. The molecule has 1 aromatic heterocycles. The Kier molecular flexibility index (Phi) is 10.6.